The van der Waals surface area contributed by atoms with Gasteiger partial charge < -0.3 is 0 Å². The van der Waals surface area contributed by atoms with Gasteiger partial charge in [0.1, 0.15) is 0 Å². The van der Waals surface area contributed by atoms with Crippen molar-refractivity contribution in [3.8, 4) is 0 Å². The second kappa shape index (κ2) is 3.55. The quantitative estimate of drug-likeness (QED) is 0.600. The van der Waals surface area contributed by atoms with Crippen molar-refractivity contribution in [1.29, 1.82) is 0 Å². The highest BCUT2D eigenvalue weighted by molar-refractivity contribution is 7.89. The van der Waals surface area contributed by atoms with Crippen LogP contribution in [0.2, 0.25) is 0 Å². The van der Waals surface area contributed by atoms with Crippen LogP contribution in [-0.2, 0) is 10.0 Å². The van der Waals surface area contributed by atoms with E-state index in [0.717, 1.165) is 12.1 Å². The number of rotatable bonds is 2. The van der Waals surface area contributed by atoms with Crippen LogP contribution >= 0.6 is 0 Å². The van der Waals surface area contributed by atoms with Gasteiger partial charge in [-0.3, -0.25) is 10.1 Å². The predicted octanol–water partition coefficient (Wildman–Crippen LogP) is 0.690. The molecule has 0 radical (unpaired) electrons. The summed E-state index contributed by atoms with van der Waals surface area (Å²) in [5, 5.41) is 15.2. The molecule has 1 aromatic rings. The minimum Gasteiger partial charge on any atom is -0.258 e. The van der Waals surface area contributed by atoms with Crippen molar-refractivity contribution in [2.45, 2.75) is 11.8 Å². The zero-order chi connectivity index (χ0) is 11.8. The van der Waals surface area contributed by atoms with Gasteiger partial charge in [0.15, 0.2) is 10.7 Å². The second-order valence-electron chi connectivity index (χ2n) is 2.90. The van der Waals surface area contributed by atoms with Crippen LogP contribution in [0.25, 0.3) is 0 Å². The number of nitrogens with two attached hydrogens (primary N) is 1. The molecule has 0 aliphatic carbocycles. The van der Waals surface area contributed by atoms with Crippen LogP contribution in [0.1, 0.15) is 5.56 Å². The number of primary sulfonamides is 1. The third kappa shape index (κ3) is 2.28. The van der Waals surface area contributed by atoms with Crippen molar-refractivity contribution in [1.82, 2.24) is 0 Å². The van der Waals surface area contributed by atoms with Crippen LogP contribution in [0.3, 0.4) is 0 Å². The Hall–Kier alpha value is -1.54. The minimum absolute atomic E-state index is 0.242. The van der Waals surface area contributed by atoms with Crippen LogP contribution < -0.4 is 5.14 Å². The van der Waals surface area contributed by atoms with E-state index < -0.39 is 31.3 Å². The molecule has 0 saturated heterocycles. The van der Waals surface area contributed by atoms with Gasteiger partial charge in [-0.25, -0.2) is 17.9 Å². The van der Waals surface area contributed by atoms with E-state index in [4.69, 9.17) is 0 Å². The fourth-order valence-electron chi connectivity index (χ4n) is 1.13. The first-order chi connectivity index (χ1) is 6.73. The van der Waals surface area contributed by atoms with Gasteiger partial charge in [-0.2, -0.15) is 0 Å². The standard InChI is InChI=1S/C7H7FN2O4S/c1-4-2-5(8)7(15(9,13)14)6(3-4)10(11)12/h2-3H,1H3,(H2,9,13,14). The summed E-state index contributed by atoms with van der Waals surface area (Å²) >= 11 is 0. The number of hydrogen-bond donors (Lipinski definition) is 1. The summed E-state index contributed by atoms with van der Waals surface area (Å²) in [6.07, 6.45) is 0. The van der Waals surface area contributed by atoms with Crippen molar-refractivity contribution in [3.63, 3.8) is 0 Å². The molecule has 1 aromatic carbocycles. The lowest BCUT2D eigenvalue weighted by atomic mass is 10.2. The smallest absolute Gasteiger partial charge is 0.258 e. The van der Waals surface area contributed by atoms with Crippen molar-refractivity contribution in [2.24, 2.45) is 5.14 Å². The van der Waals surface area contributed by atoms with Crippen molar-refractivity contribution in [2.75, 3.05) is 0 Å². The highest BCUT2D eigenvalue weighted by Gasteiger charge is 2.27. The maximum absolute atomic E-state index is 13.2. The number of nitro groups is 1. The van der Waals surface area contributed by atoms with Crippen LogP contribution in [0, 0.1) is 22.9 Å². The van der Waals surface area contributed by atoms with Gasteiger partial charge in [0.05, 0.1) is 4.92 Å². The normalized spacial score (nSPS) is 11.4. The van der Waals surface area contributed by atoms with Crippen molar-refractivity contribution >= 4 is 15.7 Å². The maximum Gasteiger partial charge on any atom is 0.292 e. The molecule has 0 aromatic heterocycles. The Kier molecular flexibility index (Phi) is 2.73. The number of nitro benzene ring substituents is 1. The Morgan fingerprint density at radius 1 is 1.47 bits per heavy atom. The number of aryl methyl sites for hydroxylation is 1. The van der Waals surface area contributed by atoms with E-state index >= 15 is 0 Å². The van der Waals surface area contributed by atoms with E-state index in [2.05, 4.69) is 5.14 Å². The summed E-state index contributed by atoms with van der Waals surface area (Å²) in [6.45, 7) is 1.41. The van der Waals surface area contributed by atoms with E-state index in [-0.39, 0.29) is 5.56 Å². The Labute approximate surface area is 84.7 Å². The van der Waals surface area contributed by atoms with E-state index in [1.807, 2.05) is 0 Å². The number of sulfonamides is 1. The average molecular weight is 234 g/mol. The lowest BCUT2D eigenvalue weighted by molar-refractivity contribution is -0.388. The van der Waals surface area contributed by atoms with Gasteiger partial charge in [-0.05, 0) is 18.6 Å². The third-order valence-corrected chi connectivity index (χ3v) is 2.62. The highest BCUT2D eigenvalue weighted by atomic mass is 32.2. The third-order valence-electron chi connectivity index (χ3n) is 1.65. The predicted molar refractivity (Wildman–Crippen MR) is 49.2 cm³/mol. The van der Waals surface area contributed by atoms with Gasteiger partial charge >= 0.3 is 0 Å². The Morgan fingerprint density at radius 2 is 2.00 bits per heavy atom. The molecular formula is C7H7FN2O4S. The molecule has 0 saturated carbocycles. The summed E-state index contributed by atoms with van der Waals surface area (Å²) in [4.78, 5) is 8.42. The largest absolute Gasteiger partial charge is 0.292 e. The molecule has 0 bridgehead atoms. The van der Waals surface area contributed by atoms with E-state index in [9.17, 15) is 22.9 Å². The molecule has 0 aliphatic rings. The zero-order valence-electron chi connectivity index (χ0n) is 7.60. The molecule has 0 fully saturated rings. The summed E-state index contributed by atoms with van der Waals surface area (Å²) in [7, 11) is -4.44. The average Bonchev–Trinajstić information content (AvgIpc) is 1.99. The lowest BCUT2D eigenvalue weighted by Crippen LogP contribution is -2.16. The molecule has 82 valence electrons. The number of benzene rings is 1. The summed E-state index contributed by atoms with van der Waals surface area (Å²) < 4.78 is 35.1. The lowest BCUT2D eigenvalue weighted by Gasteiger charge is -2.02. The Bertz CT molecular complexity index is 526. The molecule has 2 N–H and O–H groups in total. The van der Waals surface area contributed by atoms with E-state index in [0.29, 0.717) is 0 Å². The molecule has 0 aliphatic heterocycles. The second-order valence-corrected chi connectivity index (χ2v) is 4.40. The Balaban J connectivity index is 3.70. The number of hydrogen-bond acceptors (Lipinski definition) is 4. The van der Waals surface area contributed by atoms with Crippen molar-refractivity contribution < 1.29 is 17.7 Å². The molecule has 0 heterocycles. The molecular weight excluding hydrogens is 227 g/mol. The molecule has 0 amide bonds. The minimum atomic E-state index is -4.44. The molecule has 8 heteroatoms. The van der Waals surface area contributed by atoms with Gasteiger partial charge in [-0.1, -0.05) is 0 Å². The molecule has 0 unspecified atom stereocenters. The van der Waals surface area contributed by atoms with E-state index in [1.165, 1.54) is 6.92 Å². The summed E-state index contributed by atoms with van der Waals surface area (Å²) in [6, 6.07) is 1.82. The highest BCUT2D eigenvalue weighted by Crippen LogP contribution is 2.26. The van der Waals surface area contributed by atoms with Crippen LogP contribution in [0.15, 0.2) is 17.0 Å². The summed E-state index contributed by atoms with van der Waals surface area (Å²) in [5.41, 5.74) is -0.610. The van der Waals surface area contributed by atoms with Crippen LogP contribution in [-0.4, -0.2) is 13.3 Å². The van der Waals surface area contributed by atoms with Gasteiger partial charge in [-0.15, -0.1) is 0 Å². The Morgan fingerprint density at radius 3 is 2.40 bits per heavy atom. The van der Waals surface area contributed by atoms with E-state index in [1.54, 1.807) is 0 Å². The maximum atomic E-state index is 13.2. The topological polar surface area (TPSA) is 103 Å². The first-order valence-electron chi connectivity index (χ1n) is 3.71. The van der Waals surface area contributed by atoms with Crippen LogP contribution in [0.4, 0.5) is 10.1 Å². The first-order valence-corrected chi connectivity index (χ1v) is 5.25. The number of halogens is 1. The summed E-state index contributed by atoms with van der Waals surface area (Å²) in [5.74, 6) is -1.22. The fraction of sp³-hybridized carbons (Fsp3) is 0.143. The molecule has 15 heavy (non-hydrogen) atoms. The van der Waals surface area contributed by atoms with Gasteiger partial charge in [0.2, 0.25) is 10.0 Å². The molecule has 0 spiro atoms. The van der Waals surface area contributed by atoms with Crippen molar-refractivity contribution in [3.05, 3.63) is 33.6 Å². The van der Waals surface area contributed by atoms with Gasteiger partial charge in [0.25, 0.3) is 5.69 Å². The SMILES string of the molecule is Cc1cc(F)c(S(N)(=O)=O)c([N+](=O)[O-])c1. The van der Waals surface area contributed by atoms with Gasteiger partial charge in [0, 0.05) is 6.07 Å². The first kappa shape index (κ1) is 11.5. The fourth-order valence-corrected chi connectivity index (χ4v) is 1.88. The monoisotopic (exact) mass is 234 g/mol. The molecule has 1 rings (SSSR count). The number of nitrogens with zero attached hydrogens (tertiary/aromatic N) is 1. The zero-order valence-corrected chi connectivity index (χ0v) is 8.41. The molecule has 6 nitrogen and oxygen atoms in total. The van der Waals surface area contributed by atoms with Crippen LogP contribution in [0.5, 0.6) is 0 Å². The molecule has 0 atom stereocenters.